The van der Waals surface area contributed by atoms with Gasteiger partial charge in [0.1, 0.15) is 5.52 Å². The lowest BCUT2D eigenvalue weighted by Crippen LogP contribution is -1.91. The van der Waals surface area contributed by atoms with E-state index in [2.05, 4.69) is 12.0 Å². The van der Waals surface area contributed by atoms with Crippen molar-refractivity contribution in [3.05, 3.63) is 29.2 Å². The van der Waals surface area contributed by atoms with Gasteiger partial charge in [0.25, 0.3) is 0 Å². The number of halogens is 1. The van der Waals surface area contributed by atoms with Crippen LogP contribution in [0.3, 0.4) is 0 Å². The Balaban J connectivity index is 2.68. The predicted molar refractivity (Wildman–Crippen MR) is 59.4 cm³/mol. The van der Waals surface area contributed by atoms with Gasteiger partial charge < -0.3 is 0 Å². The van der Waals surface area contributed by atoms with Crippen molar-refractivity contribution in [3.8, 4) is 0 Å². The SMILES string of the molecule is CCCc1cc(F)c2nn(C)c(C)c2c1. The molecule has 0 aliphatic carbocycles. The third kappa shape index (κ3) is 1.62. The second kappa shape index (κ2) is 3.65. The molecule has 0 atom stereocenters. The van der Waals surface area contributed by atoms with Crippen LogP contribution in [0.25, 0.3) is 10.9 Å². The average molecular weight is 206 g/mol. The van der Waals surface area contributed by atoms with Gasteiger partial charge in [-0.2, -0.15) is 5.10 Å². The third-order valence-electron chi connectivity index (χ3n) is 2.79. The molecule has 1 aromatic heterocycles. The molecule has 0 N–H and O–H groups in total. The Morgan fingerprint density at radius 1 is 1.40 bits per heavy atom. The van der Waals surface area contributed by atoms with E-state index in [1.165, 1.54) is 0 Å². The molecule has 1 aromatic carbocycles. The summed E-state index contributed by atoms with van der Waals surface area (Å²) in [7, 11) is 1.84. The van der Waals surface area contributed by atoms with Crippen LogP contribution in [0.1, 0.15) is 24.6 Å². The zero-order chi connectivity index (χ0) is 11.0. The minimum atomic E-state index is -0.209. The molecule has 80 valence electrons. The first kappa shape index (κ1) is 10.1. The fourth-order valence-corrected chi connectivity index (χ4v) is 1.86. The smallest absolute Gasteiger partial charge is 0.151 e. The highest BCUT2D eigenvalue weighted by Gasteiger charge is 2.10. The Morgan fingerprint density at radius 2 is 2.13 bits per heavy atom. The van der Waals surface area contributed by atoms with E-state index in [9.17, 15) is 4.39 Å². The highest BCUT2D eigenvalue weighted by Crippen LogP contribution is 2.22. The molecule has 2 nitrogen and oxygen atoms in total. The zero-order valence-electron chi connectivity index (χ0n) is 9.34. The number of rotatable bonds is 2. The summed E-state index contributed by atoms with van der Waals surface area (Å²) in [5.41, 5.74) is 2.55. The maximum Gasteiger partial charge on any atom is 0.151 e. The van der Waals surface area contributed by atoms with Crippen LogP contribution >= 0.6 is 0 Å². The van der Waals surface area contributed by atoms with Crippen LogP contribution in [0, 0.1) is 12.7 Å². The molecule has 0 amide bonds. The van der Waals surface area contributed by atoms with Gasteiger partial charge in [-0.05, 0) is 31.0 Å². The van der Waals surface area contributed by atoms with Gasteiger partial charge >= 0.3 is 0 Å². The van der Waals surface area contributed by atoms with Crippen LogP contribution in [-0.4, -0.2) is 9.78 Å². The molecule has 0 saturated carbocycles. The van der Waals surface area contributed by atoms with Gasteiger partial charge in [-0.3, -0.25) is 4.68 Å². The quantitative estimate of drug-likeness (QED) is 0.738. The van der Waals surface area contributed by atoms with Gasteiger partial charge in [-0.25, -0.2) is 4.39 Å². The molecule has 0 bridgehead atoms. The van der Waals surface area contributed by atoms with E-state index in [1.807, 2.05) is 20.0 Å². The summed E-state index contributed by atoms with van der Waals surface area (Å²) in [6.07, 6.45) is 1.95. The fraction of sp³-hybridized carbons (Fsp3) is 0.417. The van der Waals surface area contributed by atoms with E-state index in [1.54, 1.807) is 10.7 Å². The lowest BCUT2D eigenvalue weighted by molar-refractivity contribution is 0.629. The van der Waals surface area contributed by atoms with Crippen molar-refractivity contribution in [1.82, 2.24) is 9.78 Å². The van der Waals surface area contributed by atoms with Crippen LogP contribution in [0.5, 0.6) is 0 Å². The van der Waals surface area contributed by atoms with Gasteiger partial charge in [0.15, 0.2) is 5.82 Å². The Kier molecular flexibility index (Phi) is 2.47. The first-order valence-corrected chi connectivity index (χ1v) is 5.25. The second-order valence-electron chi connectivity index (χ2n) is 3.93. The molecule has 0 spiro atoms. The normalized spacial score (nSPS) is 11.2. The number of benzene rings is 1. The van der Waals surface area contributed by atoms with E-state index < -0.39 is 0 Å². The van der Waals surface area contributed by atoms with Crippen molar-refractivity contribution >= 4 is 10.9 Å². The monoisotopic (exact) mass is 206 g/mol. The first-order valence-electron chi connectivity index (χ1n) is 5.25. The van der Waals surface area contributed by atoms with E-state index in [0.29, 0.717) is 5.52 Å². The summed E-state index contributed by atoms with van der Waals surface area (Å²) < 4.78 is 15.4. The van der Waals surface area contributed by atoms with Crippen molar-refractivity contribution in [3.63, 3.8) is 0 Å². The topological polar surface area (TPSA) is 17.8 Å². The molecule has 15 heavy (non-hydrogen) atoms. The van der Waals surface area contributed by atoms with Crippen molar-refractivity contribution in [1.29, 1.82) is 0 Å². The highest BCUT2D eigenvalue weighted by atomic mass is 19.1. The van der Waals surface area contributed by atoms with Gasteiger partial charge in [0.2, 0.25) is 0 Å². The molecule has 3 heteroatoms. The molecule has 0 saturated heterocycles. The summed E-state index contributed by atoms with van der Waals surface area (Å²) in [6.45, 7) is 4.06. The molecular weight excluding hydrogens is 191 g/mol. The Bertz CT molecular complexity index is 500. The minimum Gasteiger partial charge on any atom is -0.272 e. The Hall–Kier alpha value is -1.38. The van der Waals surface area contributed by atoms with Crippen LogP contribution < -0.4 is 0 Å². The van der Waals surface area contributed by atoms with E-state index in [0.717, 1.165) is 29.5 Å². The van der Waals surface area contributed by atoms with Crippen LogP contribution in [-0.2, 0) is 13.5 Å². The van der Waals surface area contributed by atoms with Gasteiger partial charge in [0.05, 0.1) is 0 Å². The average Bonchev–Trinajstić information content (AvgIpc) is 2.46. The lowest BCUT2D eigenvalue weighted by atomic mass is 10.1. The molecule has 2 rings (SSSR count). The summed E-state index contributed by atoms with van der Waals surface area (Å²) in [5.74, 6) is -0.209. The molecule has 1 heterocycles. The Labute approximate surface area is 88.7 Å². The fourth-order valence-electron chi connectivity index (χ4n) is 1.86. The standard InChI is InChI=1S/C12H15FN2/c1-4-5-9-6-10-8(2)15(3)14-12(10)11(13)7-9/h6-7H,4-5H2,1-3H3. The highest BCUT2D eigenvalue weighted by molar-refractivity contribution is 5.82. The largest absolute Gasteiger partial charge is 0.272 e. The number of hydrogen-bond donors (Lipinski definition) is 0. The second-order valence-corrected chi connectivity index (χ2v) is 3.93. The maximum absolute atomic E-state index is 13.7. The van der Waals surface area contributed by atoms with Crippen molar-refractivity contribution in [2.24, 2.45) is 7.05 Å². The van der Waals surface area contributed by atoms with E-state index >= 15 is 0 Å². The van der Waals surface area contributed by atoms with Crippen LogP contribution in [0.2, 0.25) is 0 Å². The Morgan fingerprint density at radius 3 is 2.80 bits per heavy atom. The van der Waals surface area contributed by atoms with Crippen LogP contribution in [0.4, 0.5) is 4.39 Å². The van der Waals surface area contributed by atoms with Crippen LogP contribution in [0.15, 0.2) is 12.1 Å². The molecule has 0 unspecified atom stereocenters. The number of aryl methyl sites for hydroxylation is 3. The van der Waals surface area contributed by atoms with Gasteiger partial charge in [-0.15, -0.1) is 0 Å². The molecule has 0 aliphatic heterocycles. The predicted octanol–water partition coefficient (Wildman–Crippen LogP) is 2.97. The van der Waals surface area contributed by atoms with Crippen molar-refractivity contribution < 1.29 is 4.39 Å². The molecule has 0 fully saturated rings. The van der Waals surface area contributed by atoms with Crippen molar-refractivity contribution in [2.75, 3.05) is 0 Å². The zero-order valence-corrected chi connectivity index (χ0v) is 9.34. The summed E-state index contributed by atoms with van der Waals surface area (Å²) >= 11 is 0. The van der Waals surface area contributed by atoms with E-state index in [4.69, 9.17) is 0 Å². The minimum absolute atomic E-state index is 0.209. The van der Waals surface area contributed by atoms with E-state index in [-0.39, 0.29) is 5.82 Å². The number of aromatic nitrogens is 2. The van der Waals surface area contributed by atoms with Crippen molar-refractivity contribution in [2.45, 2.75) is 26.7 Å². The van der Waals surface area contributed by atoms with Gasteiger partial charge in [0, 0.05) is 18.1 Å². The molecule has 0 aliphatic rings. The number of hydrogen-bond acceptors (Lipinski definition) is 1. The number of fused-ring (bicyclic) bond motifs is 1. The summed E-state index contributed by atoms with van der Waals surface area (Å²) in [5, 5.41) is 5.09. The maximum atomic E-state index is 13.7. The lowest BCUT2D eigenvalue weighted by Gasteiger charge is -2.00. The summed E-state index contributed by atoms with van der Waals surface area (Å²) in [6, 6.07) is 3.64. The molecular formula is C12H15FN2. The summed E-state index contributed by atoms with van der Waals surface area (Å²) in [4.78, 5) is 0. The number of nitrogens with zero attached hydrogens (tertiary/aromatic N) is 2. The molecule has 0 radical (unpaired) electrons. The third-order valence-corrected chi connectivity index (χ3v) is 2.79. The first-order chi connectivity index (χ1) is 7.13. The van der Waals surface area contributed by atoms with Gasteiger partial charge in [-0.1, -0.05) is 13.3 Å². The molecule has 2 aromatic rings.